The normalized spacial score (nSPS) is 29.6. The Morgan fingerprint density at radius 2 is 2.30 bits per heavy atom. The van der Waals surface area contributed by atoms with Gasteiger partial charge in [-0.1, -0.05) is 0 Å². The van der Waals surface area contributed by atoms with Crippen molar-refractivity contribution in [1.29, 1.82) is 0 Å². The molecule has 2 aliphatic heterocycles. The lowest BCUT2D eigenvalue weighted by Crippen LogP contribution is -2.48. The lowest BCUT2D eigenvalue weighted by atomic mass is 10.0. The van der Waals surface area contributed by atoms with Crippen LogP contribution in [0.3, 0.4) is 0 Å². The molecule has 2 rings (SSSR count). The fraction of sp³-hybridized carbons (Fsp3) is 0.857. The molecular weight excluding hydrogens is 258 g/mol. The Bertz CT molecular complexity index is 360. The second kappa shape index (κ2) is 7.04. The minimum absolute atomic E-state index is 0.0703. The first-order valence-electron chi connectivity index (χ1n) is 7.54. The van der Waals surface area contributed by atoms with Crippen LogP contribution in [0.25, 0.3) is 0 Å². The number of amides is 2. The van der Waals surface area contributed by atoms with Gasteiger partial charge in [0.1, 0.15) is 6.04 Å². The summed E-state index contributed by atoms with van der Waals surface area (Å²) < 4.78 is 0. The van der Waals surface area contributed by atoms with Crippen LogP contribution in [0.2, 0.25) is 0 Å². The summed E-state index contributed by atoms with van der Waals surface area (Å²) in [4.78, 5) is 25.8. The van der Waals surface area contributed by atoms with Gasteiger partial charge in [-0.3, -0.25) is 14.5 Å². The van der Waals surface area contributed by atoms with E-state index in [0.717, 1.165) is 32.4 Å². The Balaban J connectivity index is 1.76. The zero-order valence-corrected chi connectivity index (χ0v) is 12.1. The van der Waals surface area contributed by atoms with Crippen LogP contribution in [0.15, 0.2) is 0 Å². The number of nitrogens with zero attached hydrogens (tertiary/aromatic N) is 1. The van der Waals surface area contributed by atoms with Crippen LogP contribution in [-0.2, 0) is 9.59 Å². The van der Waals surface area contributed by atoms with E-state index in [0.29, 0.717) is 19.5 Å². The lowest BCUT2D eigenvalue weighted by molar-refractivity contribution is -0.129. The number of rotatable bonds is 4. The standard InChI is InChI=1S/C14H25N3O3/c1-10(18)11-5-7-17(8-11)9-13(19)16-12-4-2-3-6-15-14(12)20/h10-12,18H,2-9H2,1H3,(H,15,20)(H,16,19). The number of likely N-dealkylation sites (tertiary alicyclic amines) is 1. The van der Waals surface area contributed by atoms with Gasteiger partial charge in [0, 0.05) is 13.1 Å². The third-order valence-corrected chi connectivity index (χ3v) is 4.23. The number of aliphatic hydroxyl groups is 1. The molecule has 0 aromatic carbocycles. The van der Waals surface area contributed by atoms with Gasteiger partial charge in [0.05, 0.1) is 12.6 Å². The SMILES string of the molecule is CC(O)C1CCN(CC(=O)NC2CCCCNC2=O)C1. The fourth-order valence-corrected chi connectivity index (χ4v) is 2.92. The Labute approximate surface area is 119 Å². The summed E-state index contributed by atoms with van der Waals surface area (Å²) in [6.07, 6.45) is 3.25. The maximum Gasteiger partial charge on any atom is 0.242 e. The van der Waals surface area contributed by atoms with Crippen molar-refractivity contribution in [3.8, 4) is 0 Å². The molecule has 2 amide bonds. The van der Waals surface area contributed by atoms with Crippen molar-refractivity contribution in [2.45, 2.75) is 44.8 Å². The van der Waals surface area contributed by atoms with E-state index < -0.39 is 0 Å². The molecule has 6 heteroatoms. The van der Waals surface area contributed by atoms with Gasteiger partial charge in [0.15, 0.2) is 0 Å². The Hall–Kier alpha value is -1.14. The predicted octanol–water partition coefficient (Wildman–Crippen LogP) is -0.526. The highest BCUT2D eigenvalue weighted by atomic mass is 16.3. The van der Waals surface area contributed by atoms with E-state index >= 15 is 0 Å². The van der Waals surface area contributed by atoms with Gasteiger partial charge in [-0.05, 0) is 45.1 Å². The smallest absolute Gasteiger partial charge is 0.242 e. The van der Waals surface area contributed by atoms with Gasteiger partial charge in [-0.15, -0.1) is 0 Å². The Morgan fingerprint density at radius 1 is 1.50 bits per heavy atom. The lowest BCUT2D eigenvalue weighted by Gasteiger charge is -2.19. The van der Waals surface area contributed by atoms with Crippen LogP contribution in [0, 0.1) is 5.92 Å². The Kier molecular flexibility index (Phi) is 5.37. The van der Waals surface area contributed by atoms with Gasteiger partial charge >= 0.3 is 0 Å². The first-order valence-corrected chi connectivity index (χ1v) is 7.54. The van der Waals surface area contributed by atoms with Crippen LogP contribution in [0.4, 0.5) is 0 Å². The van der Waals surface area contributed by atoms with Crippen molar-refractivity contribution in [2.75, 3.05) is 26.2 Å². The van der Waals surface area contributed by atoms with E-state index in [9.17, 15) is 14.7 Å². The molecular formula is C14H25N3O3. The Morgan fingerprint density at radius 3 is 3.00 bits per heavy atom. The maximum atomic E-state index is 12.0. The summed E-state index contributed by atoms with van der Waals surface area (Å²) in [5, 5.41) is 15.2. The summed E-state index contributed by atoms with van der Waals surface area (Å²) >= 11 is 0. The molecule has 20 heavy (non-hydrogen) atoms. The van der Waals surface area contributed by atoms with E-state index in [1.54, 1.807) is 6.92 Å². The highest BCUT2D eigenvalue weighted by molar-refractivity contribution is 5.88. The number of carbonyl (C=O) groups is 2. The van der Waals surface area contributed by atoms with Crippen molar-refractivity contribution in [1.82, 2.24) is 15.5 Å². The molecule has 0 aromatic heterocycles. The third-order valence-electron chi connectivity index (χ3n) is 4.23. The first kappa shape index (κ1) is 15.3. The van der Waals surface area contributed by atoms with E-state index in [-0.39, 0.29) is 29.9 Å². The van der Waals surface area contributed by atoms with E-state index in [1.807, 2.05) is 4.90 Å². The van der Waals surface area contributed by atoms with Crippen LogP contribution in [-0.4, -0.2) is 60.1 Å². The minimum atomic E-state index is -0.389. The molecule has 6 nitrogen and oxygen atoms in total. The van der Waals surface area contributed by atoms with Gasteiger partial charge in [0.2, 0.25) is 11.8 Å². The molecule has 0 aliphatic carbocycles. The van der Waals surface area contributed by atoms with Gasteiger partial charge in [-0.2, -0.15) is 0 Å². The predicted molar refractivity (Wildman–Crippen MR) is 75.0 cm³/mol. The number of hydrogen-bond donors (Lipinski definition) is 3. The summed E-state index contributed by atoms with van der Waals surface area (Å²) in [7, 11) is 0. The highest BCUT2D eigenvalue weighted by Gasteiger charge is 2.28. The largest absolute Gasteiger partial charge is 0.393 e. The van der Waals surface area contributed by atoms with E-state index in [4.69, 9.17) is 0 Å². The first-order chi connectivity index (χ1) is 9.56. The zero-order chi connectivity index (χ0) is 14.5. The van der Waals surface area contributed by atoms with Crippen molar-refractivity contribution in [3.63, 3.8) is 0 Å². The van der Waals surface area contributed by atoms with E-state index in [1.165, 1.54) is 0 Å². The van der Waals surface area contributed by atoms with Crippen LogP contribution in [0.5, 0.6) is 0 Å². The zero-order valence-electron chi connectivity index (χ0n) is 12.1. The molecule has 2 fully saturated rings. The quantitative estimate of drug-likeness (QED) is 0.648. The molecule has 0 radical (unpaired) electrons. The topological polar surface area (TPSA) is 81.7 Å². The van der Waals surface area contributed by atoms with Crippen LogP contribution >= 0.6 is 0 Å². The summed E-state index contributed by atoms with van der Waals surface area (Å²) in [6.45, 7) is 4.40. The summed E-state index contributed by atoms with van der Waals surface area (Å²) in [5.41, 5.74) is 0. The highest BCUT2D eigenvalue weighted by Crippen LogP contribution is 2.19. The van der Waals surface area contributed by atoms with Crippen molar-refractivity contribution in [3.05, 3.63) is 0 Å². The second-order valence-electron chi connectivity index (χ2n) is 5.93. The number of nitrogens with one attached hydrogen (secondary N) is 2. The maximum absolute atomic E-state index is 12.0. The molecule has 3 N–H and O–H groups in total. The average molecular weight is 283 g/mol. The van der Waals surface area contributed by atoms with Crippen LogP contribution < -0.4 is 10.6 Å². The third kappa shape index (κ3) is 4.18. The number of aliphatic hydroxyl groups excluding tert-OH is 1. The summed E-state index contributed by atoms with van der Waals surface area (Å²) in [5.74, 6) is 0.0846. The summed E-state index contributed by atoms with van der Waals surface area (Å²) in [6, 6.07) is -0.389. The molecule has 2 saturated heterocycles. The van der Waals surface area contributed by atoms with Crippen molar-refractivity contribution in [2.24, 2.45) is 5.92 Å². The minimum Gasteiger partial charge on any atom is -0.393 e. The van der Waals surface area contributed by atoms with Crippen molar-refractivity contribution >= 4 is 11.8 Å². The fourth-order valence-electron chi connectivity index (χ4n) is 2.92. The van der Waals surface area contributed by atoms with Gasteiger partial charge in [-0.25, -0.2) is 0 Å². The molecule has 2 heterocycles. The average Bonchev–Trinajstić information content (AvgIpc) is 2.76. The number of hydrogen-bond acceptors (Lipinski definition) is 4. The molecule has 2 aliphatic rings. The molecule has 3 unspecified atom stereocenters. The molecule has 0 bridgehead atoms. The second-order valence-corrected chi connectivity index (χ2v) is 5.93. The van der Waals surface area contributed by atoms with E-state index in [2.05, 4.69) is 10.6 Å². The molecule has 114 valence electrons. The molecule has 0 spiro atoms. The monoisotopic (exact) mass is 283 g/mol. The molecule has 0 aromatic rings. The van der Waals surface area contributed by atoms with Crippen LogP contribution in [0.1, 0.15) is 32.6 Å². The van der Waals surface area contributed by atoms with Gasteiger partial charge < -0.3 is 15.7 Å². The molecule has 0 saturated carbocycles. The van der Waals surface area contributed by atoms with Crippen molar-refractivity contribution < 1.29 is 14.7 Å². The van der Waals surface area contributed by atoms with Gasteiger partial charge in [0.25, 0.3) is 0 Å². The molecule has 3 atom stereocenters. The number of carbonyl (C=O) groups excluding carboxylic acids is 2.